The van der Waals surface area contributed by atoms with Gasteiger partial charge in [-0.05, 0) is 24.8 Å². The van der Waals surface area contributed by atoms with Crippen LogP contribution >= 0.6 is 0 Å². The topological polar surface area (TPSA) is 121 Å². The third-order valence-corrected chi connectivity index (χ3v) is 6.09. The Morgan fingerprint density at radius 2 is 1.91 bits per heavy atom. The molecule has 0 aliphatic carbocycles. The maximum Gasteiger partial charge on any atom is 0.330 e. The lowest BCUT2D eigenvalue weighted by molar-refractivity contribution is -0.134. The van der Waals surface area contributed by atoms with Gasteiger partial charge in [0.2, 0.25) is 11.8 Å². The second kappa shape index (κ2) is 11.0. The summed E-state index contributed by atoms with van der Waals surface area (Å²) >= 11 is 0. The zero-order valence-electron chi connectivity index (χ0n) is 19.4. The lowest BCUT2D eigenvalue weighted by Gasteiger charge is -2.35. The second-order valence-electron chi connectivity index (χ2n) is 8.44. The van der Waals surface area contributed by atoms with Crippen molar-refractivity contribution in [2.24, 2.45) is 5.92 Å². The molecule has 2 aromatic rings. The zero-order valence-corrected chi connectivity index (χ0v) is 19.4. The third kappa shape index (κ3) is 5.53. The van der Waals surface area contributed by atoms with Crippen molar-refractivity contribution < 1.29 is 9.59 Å². The quantitative estimate of drug-likeness (QED) is 0.631. The van der Waals surface area contributed by atoms with Gasteiger partial charge in [-0.3, -0.25) is 28.8 Å². The fourth-order valence-electron chi connectivity index (χ4n) is 4.26. The van der Waals surface area contributed by atoms with Gasteiger partial charge in [0.1, 0.15) is 5.82 Å². The Hall–Kier alpha value is -3.36. The molecule has 1 saturated heterocycles. The molecule has 2 heterocycles. The molecule has 178 valence electrons. The highest BCUT2D eigenvalue weighted by Gasteiger charge is 2.34. The maximum absolute atomic E-state index is 13.8. The summed E-state index contributed by atoms with van der Waals surface area (Å²) in [6.45, 7) is 5.21. The molecule has 1 aromatic carbocycles. The van der Waals surface area contributed by atoms with Crippen LogP contribution in [0.5, 0.6) is 0 Å². The second-order valence-corrected chi connectivity index (χ2v) is 8.44. The molecule has 1 aliphatic rings. The van der Waals surface area contributed by atoms with Gasteiger partial charge in [-0.1, -0.05) is 50.6 Å². The Morgan fingerprint density at radius 3 is 2.58 bits per heavy atom. The maximum atomic E-state index is 13.8. The zero-order chi connectivity index (χ0) is 24.0. The molecule has 0 bridgehead atoms. The van der Waals surface area contributed by atoms with Gasteiger partial charge < -0.3 is 10.6 Å². The number of likely N-dealkylation sites (tertiary alicyclic amines) is 1. The number of aromatic nitrogens is 2. The number of nitrogens with two attached hydrogens (primary N) is 1. The number of carbonyl (C=O) groups is 2. The van der Waals surface area contributed by atoms with Crippen molar-refractivity contribution in [3.05, 3.63) is 56.7 Å². The van der Waals surface area contributed by atoms with E-state index in [9.17, 15) is 19.2 Å². The number of amides is 2. The predicted molar refractivity (Wildman–Crippen MR) is 128 cm³/mol. The highest BCUT2D eigenvalue weighted by molar-refractivity contribution is 5.97. The lowest BCUT2D eigenvalue weighted by atomic mass is 9.95. The van der Waals surface area contributed by atoms with E-state index in [0.29, 0.717) is 45.3 Å². The van der Waals surface area contributed by atoms with E-state index in [4.69, 9.17) is 5.73 Å². The fourth-order valence-corrected chi connectivity index (χ4v) is 4.26. The normalized spacial score (nSPS) is 15.9. The first-order valence-corrected chi connectivity index (χ1v) is 11.6. The number of unbranched alkanes of at least 4 members (excludes halogenated alkanes) is 1. The van der Waals surface area contributed by atoms with Gasteiger partial charge in [-0.15, -0.1) is 0 Å². The molecule has 0 saturated carbocycles. The summed E-state index contributed by atoms with van der Waals surface area (Å²) in [5, 5.41) is 0. The summed E-state index contributed by atoms with van der Waals surface area (Å²) in [7, 11) is 0. The molecule has 9 heteroatoms. The van der Waals surface area contributed by atoms with Crippen LogP contribution in [-0.4, -0.2) is 39.4 Å². The number of rotatable bonds is 8. The summed E-state index contributed by atoms with van der Waals surface area (Å²) in [4.78, 5) is 56.8. The third-order valence-electron chi connectivity index (χ3n) is 6.09. The molecule has 1 aromatic heterocycles. The Labute approximate surface area is 193 Å². The molecule has 1 unspecified atom stereocenters. The van der Waals surface area contributed by atoms with Crippen molar-refractivity contribution in [2.45, 2.75) is 59.0 Å². The van der Waals surface area contributed by atoms with Crippen molar-refractivity contribution in [3.8, 4) is 0 Å². The fraction of sp³-hybridized carbons (Fsp3) is 0.500. The number of benzene rings is 1. The summed E-state index contributed by atoms with van der Waals surface area (Å²) in [5.41, 5.74) is 5.87. The van der Waals surface area contributed by atoms with Crippen molar-refractivity contribution in [1.29, 1.82) is 0 Å². The molecule has 3 rings (SSSR count). The van der Waals surface area contributed by atoms with E-state index >= 15 is 0 Å². The van der Waals surface area contributed by atoms with Crippen molar-refractivity contribution in [2.75, 3.05) is 23.7 Å². The van der Waals surface area contributed by atoms with Crippen LogP contribution in [0.2, 0.25) is 0 Å². The predicted octanol–water partition coefficient (Wildman–Crippen LogP) is 2.10. The Kier molecular flexibility index (Phi) is 8.08. The highest BCUT2D eigenvalue weighted by atomic mass is 16.2. The molecule has 3 N–H and O–H groups in total. The first-order chi connectivity index (χ1) is 15.9. The lowest BCUT2D eigenvalue weighted by Crippen LogP contribution is -2.48. The molecule has 0 radical (unpaired) electrons. The largest absolute Gasteiger partial charge is 0.383 e. The van der Waals surface area contributed by atoms with Gasteiger partial charge in [0.05, 0.1) is 12.5 Å². The first kappa shape index (κ1) is 24.3. The monoisotopic (exact) mass is 455 g/mol. The minimum absolute atomic E-state index is 0.00702. The molecule has 1 fully saturated rings. The van der Waals surface area contributed by atoms with Crippen molar-refractivity contribution >= 4 is 23.3 Å². The number of hydrogen-bond donors (Lipinski definition) is 2. The minimum atomic E-state index is -0.688. The number of anilines is 2. The minimum Gasteiger partial charge on any atom is -0.383 e. The number of nitrogens with zero attached hydrogens (tertiary/aromatic N) is 3. The number of H-pyrrole nitrogens is 1. The molecule has 0 spiro atoms. The Morgan fingerprint density at radius 1 is 1.18 bits per heavy atom. The van der Waals surface area contributed by atoms with Gasteiger partial charge in [-0.2, -0.15) is 0 Å². The number of aromatic amines is 1. The van der Waals surface area contributed by atoms with Gasteiger partial charge in [0.25, 0.3) is 5.56 Å². The van der Waals surface area contributed by atoms with Crippen LogP contribution in [0, 0.1) is 5.92 Å². The Balaban J connectivity index is 2.04. The molecule has 2 amide bonds. The van der Waals surface area contributed by atoms with E-state index in [1.807, 2.05) is 37.3 Å². The van der Waals surface area contributed by atoms with Crippen LogP contribution in [0.3, 0.4) is 0 Å². The standard InChI is InChI=1S/C24H33N5O4/c1-3-5-14-28-21(25)20(22(31)26-24(28)33)29(15-17-10-7-6-8-11-17)23(32)18-12-9-13-27(16-18)19(30)4-2/h6-8,10-11,18H,3-5,9,12-16,25H2,1-2H3,(H,26,31,33). The van der Waals surface area contributed by atoms with Gasteiger partial charge >= 0.3 is 5.69 Å². The number of hydrogen-bond acceptors (Lipinski definition) is 5. The van der Waals surface area contributed by atoms with E-state index < -0.39 is 17.2 Å². The number of piperidine rings is 1. The van der Waals surface area contributed by atoms with E-state index in [2.05, 4.69) is 4.98 Å². The summed E-state index contributed by atoms with van der Waals surface area (Å²) in [6.07, 6.45) is 3.26. The van der Waals surface area contributed by atoms with Crippen LogP contribution in [0.15, 0.2) is 39.9 Å². The average molecular weight is 456 g/mol. The first-order valence-electron chi connectivity index (χ1n) is 11.6. The van der Waals surface area contributed by atoms with Crippen LogP contribution in [-0.2, 0) is 22.7 Å². The smallest absolute Gasteiger partial charge is 0.330 e. The SMILES string of the molecule is CCCCn1c(N)c(N(Cc2ccccc2)C(=O)C2CCCN(C(=O)CC)C2)c(=O)[nH]c1=O. The molecular formula is C24H33N5O4. The van der Waals surface area contributed by atoms with E-state index in [1.165, 1.54) is 9.47 Å². The Bertz CT molecular complexity index is 1090. The molecular weight excluding hydrogens is 422 g/mol. The molecule has 1 atom stereocenters. The summed E-state index contributed by atoms with van der Waals surface area (Å²) in [6, 6.07) is 9.32. The van der Waals surface area contributed by atoms with E-state index in [1.54, 1.807) is 11.8 Å². The van der Waals surface area contributed by atoms with Crippen molar-refractivity contribution in [1.82, 2.24) is 14.5 Å². The van der Waals surface area contributed by atoms with E-state index in [0.717, 1.165) is 12.0 Å². The average Bonchev–Trinajstić information content (AvgIpc) is 2.83. The highest BCUT2D eigenvalue weighted by Crippen LogP contribution is 2.26. The number of nitrogen functional groups attached to an aromatic ring is 1. The summed E-state index contributed by atoms with van der Waals surface area (Å²) < 4.78 is 1.32. The van der Waals surface area contributed by atoms with Crippen molar-refractivity contribution in [3.63, 3.8) is 0 Å². The number of carbonyl (C=O) groups excluding carboxylic acids is 2. The summed E-state index contributed by atoms with van der Waals surface area (Å²) in [5.74, 6) is -0.732. The molecule has 1 aliphatic heterocycles. The molecule has 9 nitrogen and oxygen atoms in total. The van der Waals surface area contributed by atoms with Gasteiger partial charge in [0, 0.05) is 26.1 Å². The van der Waals surface area contributed by atoms with Crippen LogP contribution in [0.4, 0.5) is 11.5 Å². The van der Waals surface area contributed by atoms with Gasteiger partial charge in [0.15, 0.2) is 5.69 Å². The van der Waals surface area contributed by atoms with Crippen LogP contribution in [0.1, 0.15) is 51.5 Å². The number of nitrogens with one attached hydrogen (secondary N) is 1. The van der Waals surface area contributed by atoms with Gasteiger partial charge in [-0.25, -0.2) is 4.79 Å². The van der Waals surface area contributed by atoms with Crippen LogP contribution in [0.25, 0.3) is 0 Å². The van der Waals surface area contributed by atoms with Crippen LogP contribution < -0.4 is 21.9 Å². The molecule has 33 heavy (non-hydrogen) atoms. The van der Waals surface area contributed by atoms with E-state index in [-0.39, 0.29) is 29.9 Å².